The van der Waals surface area contributed by atoms with Gasteiger partial charge in [-0.15, -0.1) is 0 Å². The molecule has 1 saturated carbocycles. The highest BCUT2D eigenvalue weighted by Crippen LogP contribution is 2.44. The summed E-state index contributed by atoms with van der Waals surface area (Å²) in [4.78, 5) is 41.1. The zero-order valence-electron chi connectivity index (χ0n) is 19.8. The van der Waals surface area contributed by atoms with Gasteiger partial charge in [-0.05, 0) is 56.0 Å². The molecule has 0 bridgehead atoms. The number of benzene rings is 1. The second-order valence-electron chi connectivity index (χ2n) is 9.26. The van der Waals surface area contributed by atoms with Crippen molar-refractivity contribution in [3.8, 4) is 11.3 Å². The molecule has 0 spiro atoms. The van der Waals surface area contributed by atoms with E-state index < -0.39 is 0 Å². The van der Waals surface area contributed by atoms with Gasteiger partial charge in [-0.1, -0.05) is 24.8 Å². The molecule has 180 valence electrons. The highest BCUT2D eigenvalue weighted by molar-refractivity contribution is 6.04. The molecule has 8 heteroatoms. The van der Waals surface area contributed by atoms with Crippen LogP contribution in [0.5, 0.6) is 0 Å². The van der Waals surface area contributed by atoms with Crippen molar-refractivity contribution in [1.82, 2.24) is 24.3 Å². The number of anilines is 1. The summed E-state index contributed by atoms with van der Waals surface area (Å²) < 4.78 is 2.11. The van der Waals surface area contributed by atoms with Crippen LogP contribution in [0, 0.1) is 0 Å². The molecule has 36 heavy (non-hydrogen) atoms. The normalized spacial score (nSPS) is 17.3. The summed E-state index contributed by atoms with van der Waals surface area (Å²) in [5.74, 6) is 1.48. The van der Waals surface area contributed by atoms with Crippen molar-refractivity contribution in [3.63, 3.8) is 0 Å². The Balaban J connectivity index is 1.40. The topological polar surface area (TPSA) is 92.5 Å². The van der Waals surface area contributed by atoms with Crippen molar-refractivity contribution in [3.05, 3.63) is 90.8 Å². The van der Waals surface area contributed by atoms with Crippen LogP contribution in [0.1, 0.15) is 59.5 Å². The maximum atomic E-state index is 12.7. The number of hydrogen-bond donors (Lipinski definition) is 1. The lowest BCUT2D eigenvalue weighted by molar-refractivity contribution is -0.127. The summed E-state index contributed by atoms with van der Waals surface area (Å²) in [7, 11) is 0. The van der Waals surface area contributed by atoms with Crippen LogP contribution in [0.3, 0.4) is 0 Å². The maximum Gasteiger partial charge on any atom is 0.256 e. The quantitative estimate of drug-likeness (QED) is 0.403. The molecule has 1 aliphatic carbocycles. The summed E-state index contributed by atoms with van der Waals surface area (Å²) >= 11 is 0. The van der Waals surface area contributed by atoms with Crippen molar-refractivity contribution < 1.29 is 9.59 Å². The van der Waals surface area contributed by atoms with Crippen molar-refractivity contribution in [2.45, 2.75) is 37.6 Å². The van der Waals surface area contributed by atoms with E-state index in [-0.39, 0.29) is 17.9 Å². The van der Waals surface area contributed by atoms with Gasteiger partial charge in [-0.3, -0.25) is 19.0 Å². The van der Waals surface area contributed by atoms with Crippen molar-refractivity contribution in [2.75, 3.05) is 11.9 Å². The number of imidazole rings is 1. The summed E-state index contributed by atoms with van der Waals surface area (Å²) in [5.41, 5.74) is 4.30. The van der Waals surface area contributed by atoms with Crippen LogP contribution >= 0.6 is 0 Å². The predicted molar refractivity (Wildman–Crippen MR) is 136 cm³/mol. The molecule has 4 aromatic rings. The number of amides is 2. The average molecular weight is 479 g/mol. The second kappa shape index (κ2) is 9.03. The van der Waals surface area contributed by atoms with E-state index in [9.17, 15) is 9.59 Å². The molecule has 4 heterocycles. The summed E-state index contributed by atoms with van der Waals surface area (Å²) in [5, 5.41) is 2.82. The number of carbonyl (C=O) groups is 2. The third-order valence-corrected chi connectivity index (χ3v) is 6.91. The van der Waals surface area contributed by atoms with E-state index in [2.05, 4.69) is 21.3 Å². The average Bonchev–Trinajstić information content (AvgIpc) is 3.52. The highest BCUT2D eigenvalue weighted by Gasteiger charge is 2.35. The van der Waals surface area contributed by atoms with Gasteiger partial charge in [0.15, 0.2) is 0 Å². The third-order valence-electron chi connectivity index (χ3n) is 6.91. The van der Waals surface area contributed by atoms with E-state index in [1.165, 1.54) is 6.08 Å². The zero-order valence-corrected chi connectivity index (χ0v) is 19.8. The van der Waals surface area contributed by atoms with Crippen LogP contribution in [0.2, 0.25) is 0 Å². The molecule has 6 rings (SSSR count). The monoisotopic (exact) mass is 478 g/mol. The Labute approximate surface area is 208 Å². The fourth-order valence-electron chi connectivity index (χ4n) is 5.00. The van der Waals surface area contributed by atoms with E-state index in [4.69, 9.17) is 9.97 Å². The van der Waals surface area contributed by atoms with Crippen LogP contribution in [0.4, 0.5) is 5.82 Å². The number of nitrogens with zero attached hydrogens (tertiary/aromatic N) is 5. The van der Waals surface area contributed by atoms with E-state index in [1.807, 2.05) is 35.5 Å². The lowest BCUT2D eigenvalue weighted by Gasteiger charge is -2.22. The molecule has 0 radical (unpaired) electrons. The minimum Gasteiger partial charge on any atom is -0.329 e. The molecular weight excluding hydrogens is 452 g/mol. The minimum atomic E-state index is -0.222. The van der Waals surface area contributed by atoms with Crippen LogP contribution in [-0.2, 0) is 4.79 Å². The number of hydrogen-bond acceptors (Lipinski definition) is 5. The second-order valence-corrected chi connectivity index (χ2v) is 9.26. The van der Waals surface area contributed by atoms with Gasteiger partial charge in [0.05, 0.1) is 22.9 Å². The minimum absolute atomic E-state index is 0.0736. The zero-order chi connectivity index (χ0) is 24.6. The number of pyridine rings is 1. The number of aromatic nitrogens is 4. The SMILES string of the molecule is C=CC(=O)N1CCC[C@H]1c1nc(-c2ccc(C(=O)Nc3ccccn3)cc2)c2c(C3CC3)nccn12. The first-order chi connectivity index (χ1) is 17.6. The fourth-order valence-corrected chi connectivity index (χ4v) is 5.00. The molecule has 3 aromatic heterocycles. The predicted octanol–water partition coefficient (Wildman–Crippen LogP) is 4.77. The Kier molecular flexibility index (Phi) is 5.56. The number of carbonyl (C=O) groups excluding carboxylic acids is 2. The molecule has 0 unspecified atom stereocenters. The molecule has 1 atom stereocenters. The summed E-state index contributed by atoms with van der Waals surface area (Å²) in [6, 6.07) is 12.7. The van der Waals surface area contributed by atoms with Gasteiger partial charge in [0.25, 0.3) is 5.91 Å². The summed E-state index contributed by atoms with van der Waals surface area (Å²) in [6.45, 7) is 4.37. The number of nitrogens with one attached hydrogen (secondary N) is 1. The lowest BCUT2D eigenvalue weighted by atomic mass is 10.1. The van der Waals surface area contributed by atoms with Gasteiger partial charge in [-0.2, -0.15) is 0 Å². The molecule has 2 amide bonds. The van der Waals surface area contributed by atoms with Crippen LogP contribution in [0.15, 0.2) is 73.7 Å². The molecular formula is C28H26N6O2. The first kappa shape index (κ1) is 22.2. The number of fused-ring (bicyclic) bond motifs is 1. The maximum absolute atomic E-state index is 12.7. The molecule has 2 aliphatic rings. The molecule has 1 saturated heterocycles. The highest BCUT2D eigenvalue weighted by atomic mass is 16.2. The van der Waals surface area contributed by atoms with Crippen molar-refractivity contribution in [1.29, 1.82) is 0 Å². The van der Waals surface area contributed by atoms with Crippen LogP contribution < -0.4 is 5.32 Å². The third kappa shape index (κ3) is 3.94. The Morgan fingerprint density at radius 3 is 2.58 bits per heavy atom. The Morgan fingerprint density at radius 1 is 1.03 bits per heavy atom. The Hall–Kier alpha value is -4.33. The van der Waals surface area contributed by atoms with E-state index >= 15 is 0 Å². The molecule has 8 nitrogen and oxygen atoms in total. The van der Waals surface area contributed by atoms with Gasteiger partial charge in [0.1, 0.15) is 11.6 Å². The molecule has 1 aromatic carbocycles. The fraction of sp³-hybridized carbons (Fsp3) is 0.250. The molecule has 1 N–H and O–H groups in total. The van der Waals surface area contributed by atoms with E-state index in [0.29, 0.717) is 23.8 Å². The van der Waals surface area contributed by atoms with Crippen molar-refractivity contribution >= 4 is 23.1 Å². The molecule has 1 aliphatic heterocycles. The van der Waals surface area contributed by atoms with E-state index in [0.717, 1.165) is 54.0 Å². The van der Waals surface area contributed by atoms with Gasteiger partial charge >= 0.3 is 0 Å². The van der Waals surface area contributed by atoms with E-state index in [1.54, 1.807) is 30.5 Å². The largest absolute Gasteiger partial charge is 0.329 e. The van der Waals surface area contributed by atoms with Gasteiger partial charge < -0.3 is 10.2 Å². The van der Waals surface area contributed by atoms with Gasteiger partial charge in [0, 0.05) is 42.2 Å². The van der Waals surface area contributed by atoms with Crippen molar-refractivity contribution in [2.24, 2.45) is 0 Å². The Morgan fingerprint density at radius 2 is 1.86 bits per heavy atom. The number of likely N-dealkylation sites (tertiary alicyclic amines) is 1. The van der Waals surface area contributed by atoms with Crippen LogP contribution in [-0.4, -0.2) is 42.6 Å². The van der Waals surface area contributed by atoms with Gasteiger partial charge in [0.2, 0.25) is 5.91 Å². The Bertz CT molecular complexity index is 1460. The number of rotatable bonds is 6. The molecule has 2 fully saturated rings. The van der Waals surface area contributed by atoms with Crippen LogP contribution in [0.25, 0.3) is 16.8 Å². The first-order valence-electron chi connectivity index (χ1n) is 12.3. The smallest absolute Gasteiger partial charge is 0.256 e. The standard InChI is InChI=1S/C28H26N6O2/c1-2-23(35)33-16-5-6-21(33)27-32-25(26-24(18-8-9-18)30-15-17-34(26)27)19-10-12-20(13-11-19)28(36)31-22-7-3-4-14-29-22/h2-4,7,10-15,17-18,21H,1,5-6,8-9,16H2,(H,29,31,36)/t21-/m0/s1. The summed E-state index contributed by atoms with van der Waals surface area (Å²) in [6.07, 6.45) is 10.8. The van der Waals surface area contributed by atoms with Gasteiger partial charge in [-0.25, -0.2) is 9.97 Å². The lowest BCUT2D eigenvalue weighted by Crippen LogP contribution is -2.29. The first-order valence-corrected chi connectivity index (χ1v) is 12.3.